The van der Waals surface area contributed by atoms with Gasteiger partial charge in [0.05, 0.1) is 85.5 Å². The van der Waals surface area contributed by atoms with Crippen molar-refractivity contribution in [3.05, 3.63) is 0 Å². The Kier molecular flexibility index (Phi) is 39.4. The average Bonchev–Trinajstić information content (AvgIpc) is 3.28. The van der Waals surface area contributed by atoms with E-state index in [2.05, 4.69) is 16.0 Å². The molecule has 0 fully saturated rings. The normalized spacial score (nSPS) is 11.1. The van der Waals surface area contributed by atoms with Crippen LogP contribution in [0.3, 0.4) is 0 Å². The summed E-state index contributed by atoms with van der Waals surface area (Å²) in [5, 5.41) is 8.26. The number of thioether (sulfide) groups is 1. The molecule has 0 aliphatic carbocycles. The van der Waals surface area contributed by atoms with Crippen LogP contribution in [-0.2, 0) is 66.8 Å². The van der Waals surface area contributed by atoms with Crippen molar-refractivity contribution in [1.82, 2.24) is 40.4 Å². The van der Waals surface area contributed by atoms with E-state index in [9.17, 15) is 43.2 Å². The molecular weight excluding hydrogens is 925 g/mol. The van der Waals surface area contributed by atoms with Gasteiger partial charge in [-0.25, -0.2) is 0 Å². The first-order chi connectivity index (χ1) is 33.1. The van der Waals surface area contributed by atoms with Crippen molar-refractivity contribution in [3.63, 3.8) is 0 Å². The van der Waals surface area contributed by atoms with E-state index in [0.29, 0.717) is 51.4 Å². The van der Waals surface area contributed by atoms with Crippen LogP contribution in [0.1, 0.15) is 74.1 Å². The number of rotatable bonds is 42. The largest absolute Gasteiger partial charge is 0.465 e. The van der Waals surface area contributed by atoms with Gasteiger partial charge in [0.2, 0.25) is 17.7 Å². The predicted octanol–water partition coefficient (Wildman–Crippen LogP) is 0.131. The van der Waals surface area contributed by atoms with Gasteiger partial charge in [0.15, 0.2) is 0 Å². The molecule has 23 nitrogen and oxygen atoms in total. The fourth-order valence-electron chi connectivity index (χ4n) is 6.37. The Hall–Kier alpha value is -4.62. The number of nitrogens with zero attached hydrogens (tertiary/aromatic N) is 5. The van der Waals surface area contributed by atoms with Crippen molar-refractivity contribution in [2.75, 3.05) is 163 Å². The molecule has 0 atom stereocenters. The number of nitrogens with one attached hydrogen (secondary N) is 3. The fraction of sp³-hybridized carbons (Fsp3) is 0.800. The van der Waals surface area contributed by atoms with Gasteiger partial charge in [-0.15, -0.1) is 0 Å². The van der Waals surface area contributed by atoms with Gasteiger partial charge >= 0.3 is 29.8 Å². The van der Waals surface area contributed by atoms with Crippen LogP contribution in [0, 0.1) is 0 Å². The summed E-state index contributed by atoms with van der Waals surface area (Å²) < 4.78 is 30.9. The van der Waals surface area contributed by atoms with E-state index < -0.39 is 41.7 Å². The predicted molar refractivity (Wildman–Crippen MR) is 258 cm³/mol. The third-order valence-corrected chi connectivity index (χ3v) is 10.5. The van der Waals surface area contributed by atoms with E-state index in [1.807, 2.05) is 18.7 Å². The highest BCUT2D eigenvalue weighted by Gasteiger charge is 2.23. The van der Waals surface area contributed by atoms with E-state index >= 15 is 0 Å². The molecular formula is C45H82N8O15S. The zero-order valence-electron chi connectivity index (χ0n) is 42.3. The minimum absolute atomic E-state index is 0.00144. The van der Waals surface area contributed by atoms with Gasteiger partial charge in [-0.1, -0.05) is 18.2 Å². The first-order valence-corrected chi connectivity index (χ1v) is 25.1. The molecule has 0 heterocycles. The van der Waals surface area contributed by atoms with Gasteiger partial charge < -0.3 is 49.3 Å². The maximum atomic E-state index is 13.6. The zero-order chi connectivity index (χ0) is 51.7. The number of hydrogen-bond acceptors (Lipinski definition) is 20. The molecule has 0 bridgehead atoms. The fourth-order valence-corrected chi connectivity index (χ4v) is 7.16. The lowest BCUT2D eigenvalue weighted by atomic mass is 10.2. The van der Waals surface area contributed by atoms with Crippen LogP contribution in [-0.4, -0.2) is 241 Å². The zero-order valence-corrected chi connectivity index (χ0v) is 43.1. The monoisotopic (exact) mass is 1010 g/mol. The van der Waals surface area contributed by atoms with Crippen LogP contribution < -0.4 is 16.0 Å². The molecule has 0 unspecified atom stereocenters. The van der Waals surface area contributed by atoms with Crippen molar-refractivity contribution < 1.29 is 71.6 Å². The summed E-state index contributed by atoms with van der Waals surface area (Å²) in [5.74, 6) is -3.10. The molecule has 0 aliphatic heterocycles. The number of hydrogen-bond donors (Lipinski definition) is 3. The van der Waals surface area contributed by atoms with Gasteiger partial charge in [0, 0.05) is 84.2 Å². The lowest BCUT2D eigenvalue weighted by Gasteiger charge is -2.27. The molecule has 398 valence electrons. The van der Waals surface area contributed by atoms with Gasteiger partial charge in [-0.3, -0.25) is 62.8 Å². The summed E-state index contributed by atoms with van der Waals surface area (Å²) in [7, 11) is 0. The molecule has 0 radical (unpaired) electrons. The average molecular weight is 1010 g/mol. The molecule has 0 saturated heterocycles. The molecule has 0 saturated carbocycles. The summed E-state index contributed by atoms with van der Waals surface area (Å²) in [6, 6.07) is 0. The molecule has 24 heteroatoms. The molecule has 0 aromatic rings. The molecule has 69 heavy (non-hydrogen) atoms. The SMILES string of the molecule is CCNC(=O)SCCCCCC(=O)N(CCNC(=O)CN(CCN(CCOCC)CC(=O)OCC)CC(=O)OCC)CCNC(=O)CN(CCN(CC(=O)OCC)CC(=O)OCC)CC(=O)OCC. The topological polar surface area (TPSA) is 261 Å². The number of amides is 4. The third-order valence-electron chi connectivity index (χ3n) is 9.60. The molecule has 0 aliphatic rings. The van der Waals surface area contributed by atoms with Crippen LogP contribution in [0.25, 0.3) is 0 Å². The second-order valence-electron chi connectivity index (χ2n) is 15.2. The Morgan fingerprint density at radius 3 is 1.20 bits per heavy atom. The molecule has 0 aromatic heterocycles. The van der Waals surface area contributed by atoms with Crippen molar-refractivity contribution in [3.8, 4) is 0 Å². The highest BCUT2D eigenvalue weighted by molar-refractivity contribution is 8.13. The number of unbranched alkanes of at least 4 members (excludes halogenated alkanes) is 2. The first kappa shape index (κ1) is 64.4. The lowest BCUT2D eigenvalue weighted by molar-refractivity contribution is -0.149. The van der Waals surface area contributed by atoms with Crippen molar-refractivity contribution in [2.45, 2.75) is 74.1 Å². The second kappa shape index (κ2) is 42.3. The van der Waals surface area contributed by atoms with E-state index in [0.717, 1.165) is 6.42 Å². The molecule has 0 aromatic carbocycles. The van der Waals surface area contributed by atoms with E-state index in [1.54, 1.807) is 39.5 Å². The van der Waals surface area contributed by atoms with Crippen LogP contribution >= 0.6 is 11.8 Å². The summed E-state index contributed by atoms with van der Waals surface area (Å²) in [4.78, 5) is 122. The standard InChI is InChI=1S/C45H82N8O15S/c1-8-46-45(62)69-29-17-15-16-18-39(56)53(21-19-47-37(54)30-50(33-41(58)65-11-4)24-23-49(27-28-63-9-2)32-40(57)64-10-3)22-20-48-38(55)31-51(34-42(59)66-12-5)25-26-52(35-43(60)67-13-6)36-44(61)68-14-7/h8-36H2,1-7H3,(H,46,62)(H,47,54)(H,48,55). The van der Waals surface area contributed by atoms with E-state index in [-0.39, 0.29) is 142 Å². The van der Waals surface area contributed by atoms with Crippen LogP contribution in [0.4, 0.5) is 4.79 Å². The first-order valence-electron chi connectivity index (χ1n) is 24.1. The smallest absolute Gasteiger partial charge is 0.320 e. The summed E-state index contributed by atoms with van der Waals surface area (Å²) in [6.07, 6.45) is 2.17. The number of ether oxygens (including phenoxy) is 6. The molecule has 0 rings (SSSR count). The number of esters is 5. The minimum atomic E-state index is -0.577. The van der Waals surface area contributed by atoms with Crippen molar-refractivity contribution >= 4 is 64.6 Å². The number of carbonyl (C=O) groups excluding carboxylic acids is 9. The Bertz CT molecular complexity index is 1490. The van der Waals surface area contributed by atoms with Crippen LogP contribution in [0.15, 0.2) is 0 Å². The van der Waals surface area contributed by atoms with Crippen molar-refractivity contribution in [2.24, 2.45) is 0 Å². The maximum Gasteiger partial charge on any atom is 0.320 e. The van der Waals surface area contributed by atoms with Gasteiger partial charge in [0.25, 0.3) is 5.24 Å². The Balaban J connectivity index is 5.89. The lowest BCUT2D eigenvalue weighted by Crippen LogP contribution is -2.48. The maximum absolute atomic E-state index is 13.6. The Morgan fingerprint density at radius 2 is 0.812 bits per heavy atom. The van der Waals surface area contributed by atoms with Crippen LogP contribution in [0.5, 0.6) is 0 Å². The van der Waals surface area contributed by atoms with Gasteiger partial charge in [-0.05, 0) is 61.3 Å². The summed E-state index contributed by atoms with van der Waals surface area (Å²) in [5.41, 5.74) is 0. The second-order valence-corrected chi connectivity index (χ2v) is 16.3. The van der Waals surface area contributed by atoms with Crippen LogP contribution in [0.2, 0.25) is 0 Å². The highest BCUT2D eigenvalue weighted by atomic mass is 32.2. The quantitative estimate of drug-likeness (QED) is 0.0417. The molecule has 0 spiro atoms. The summed E-state index contributed by atoms with van der Waals surface area (Å²) >= 11 is 1.19. The third kappa shape index (κ3) is 36.1. The number of carbonyl (C=O) groups is 9. The Morgan fingerprint density at radius 1 is 0.420 bits per heavy atom. The van der Waals surface area contributed by atoms with Crippen molar-refractivity contribution in [1.29, 1.82) is 0 Å². The Labute approximate surface area is 413 Å². The minimum Gasteiger partial charge on any atom is -0.465 e. The van der Waals surface area contributed by atoms with E-state index in [1.165, 1.54) is 26.5 Å². The van der Waals surface area contributed by atoms with E-state index in [4.69, 9.17) is 28.4 Å². The highest BCUT2D eigenvalue weighted by Crippen LogP contribution is 2.10. The van der Waals surface area contributed by atoms with Gasteiger partial charge in [-0.2, -0.15) is 0 Å². The molecule has 4 amide bonds. The van der Waals surface area contributed by atoms with Gasteiger partial charge in [0.1, 0.15) is 0 Å². The molecule has 3 N–H and O–H groups in total. The summed E-state index contributed by atoms with van der Waals surface area (Å²) in [6.45, 7) is 14.4.